The monoisotopic (exact) mass is 536 g/mol. The molecule has 4 rings (SSSR count). The van der Waals surface area contributed by atoms with Gasteiger partial charge in [-0.2, -0.15) is 0 Å². The van der Waals surface area contributed by atoms with E-state index >= 15 is 0 Å². The van der Waals surface area contributed by atoms with Crippen LogP contribution in [0.5, 0.6) is 11.6 Å². The summed E-state index contributed by atoms with van der Waals surface area (Å²) in [7, 11) is 1.54. The van der Waals surface area contributed by atoms with E-state index in [1.54, 1.807) is 60.2 Å². The number of methoxy groups -OCH3 is 1. The standard InChI is InChI=1S/C27H22Cl2N4O4/c1-37-23-9-5-2-6-18(23)11-13-24(34)30-15-25(35)31-32-26-19-7-3-4-8-22(19)33(27(26)36)16-17-10-12-20(28)21(29)14-17/h2-14,36H,15-16H2,1H3,(H,30,34)/b13-11+,32-31?. The van der Waals surface area contributed by atoms with Gasteiger partial charge in [-0.15, -0.1) is 10.2 Å². The topological polar surface area (TPSA) is 105 Å². The molecule has 2 N–H and O–H groups in total. The third-order valence-electron chi connectivity index (χ3n) is 5.47. The fourth-order valence-electron chi connectivity index (χ4n) is 3.68. The maximum absolute atomic E-state index is 12.3. The molecule has 0 saturated heterocycles. The van der Waals surface area contributed by atoms with Crippen LogP contribution >= 0.6 is 23.2 Å². The molecule has 0 bridgehead atoms. The molecule has 10 heteroatoms. The number of ether oxygens (including phenoxy) is 1. The molecule has 3 aromatic carbocycles. The van der Waals surface area contributed by atoms with Crippen molar-refractivity contribution in [3.63, 3.8) is 0 Å². The molecule has 8 nitrogen and oxygen atoms in total. The lowest BCUT2D eigenvalue weighted by molar-refractivity contribution is -0.122. The second kappa shape index (κ2) is 11.7. The normalized spacial score (nSPS) is 11.4. The van der Waals surface area contributed by atoms with Crippen LogP contribution in [0.25, 0.3) is 17.0 Å². The van der Waals surface area contributed by atoms with Gasteiger partial charge in [0, 0.05) is 17.0 Å². The minimum absolute atomic E-state index is 0.145. The van der Waals surface area contributed by atoms with Crippen molar-refractivity contribution in [2.75, 3.05) is 13.7 Å². The highest BCUT2D eigenvalue weighted by Gasteiger charge is 2.17. The summed E-state index contributed by atoms with van der Waals surface area (Å²) in [6.45, 7) is -0.0669. The van der Waals surface area contributed by atoms with Crippen LogP contribution in [-0.2, 0) is 16.1 Å². The Balaban J connectivity index is 1.46. The number of benzene rings is 3. The van der Waals surface area contributed by atoms with E-state index in [0.717, 1.165) is 11.1 Å². The number of nitrogens with one attached hydrogen (secondary N) is 1. The van der Waals surface area contributed by atoms with Crippen molar-refractivity contribution in [2.24, 2.45) is 10.2 Å². The van der Waals surface area contributed by atoms with Gasteiger partial charge >= 0.3 is 0 Å². The van der Waals surface area contributed by atoms with Gasteiger partial charge < -0.3 is 19.7 Å². The fourth-order valence-corrected chi connectivity index (χ4v) is 4.00. The van der Waals surface area contributed by atoms with Crippen LogP contribution in [0.1, 0.15) is 11.1 Å². The summed E-state index contributed by atoms with van der Waals surface area (Å²) in [6.07, 6.45) is 2.88. The van der Waals surface area contributed by atoms with Crippen molar-refractivity contribution in [3.8, 4) is 11.6 Å². The molecular formula is C27H22Cl2N4O4. The van der Waals surface area contributed by atoms with Gasteiger partial charge in [0.1, 0.15) is 12.3 Å². The first-order chi connectivity index (χ1) is 17.9. The summed E-state index contributed by atoms with van der Waals surface area (Å²) in [6, 6.07) is 19.6. The van der Waals surface area contributed by atoms with Gasteiger partial charge in [0.15, 0.2) is 5.69 Å². The van der Waals surface area contributed by atoms with Crippen LogP contribution < -0.4 is 10.1 Å². The van der Waals surface area contributed by atoms with Gasteiger partial charge in [-0.05, 0) is 35.9 Å². The number of halogens is 2. The van der Waals surface area contributed by atoms with Crippen LogP contribution in [0.4, 0.5) is 5.69 Å². The van der Waals surface area contributed by atoms with Crippen molar-refractivity contribution in [1.82, 2.24) is 9.88 Å². The maximum atomic E-state index is 12.3. The van der Waals surface area contributed by atoms with Gasteiger partial charge in [0.2, 0.25) is 11.8 Å². The minimum Gasteiger partial charge on any atom is -0.496 e. The molecule has 0 atom stereocenters. The first-order valence-electron chi connectivity index (χ1n) is 11.1. The number of aromatic hydroxyl groups is 1. The molecular weight excluding hydrogens is 515 g/mol. The summed E-state index contributed by atoms with van der Waals surface area (Å²) in [4.78, 5) is 24.4. The average Bonchev–Trinajstić information content (AvgIpc) is 3.17. The zero-order valence-electron chi connectivity index (χ0n) is 19.7. The summed E-state index contributed by atoms with van der Waals surface area (Å²) in [5.41, 5.74) is 2.38. The highest BCUT2D eigenvalue weighted by atomic mass is 35.5. The number of fused-ring (bicyclic) bond motifs is 1. The second-order valence-electron chi connectivity index (χ2n) is 7.91. The van der Waals surface area contributed by atoms with E-state index in [0.29, 0.717) is 33.2 Å². The highest BCUT2D eigenvalue weighted by molar-refractivity contribution is 6.42. The van der Waals surface area contributed by atoms with Crippen molar-refractivity contribution in [1.29, 1.82) is 0 Å². The number of carbonyl (C=O) groups is 2. The summed E-state index contributed by atoms with van der Waals surface area (Å²) in [5.74, 6) is -0.697. The predicted molar refractivity (Wildman–Crippen MR) is 144 cm³/mol. The number of aromatic nitrogens is 1. The smallest absolute Gasteiger partial charge is 0.283 e. The summed E-state index contributed by atoms with van der Waals surface area (Å²) < 4.78 is 6.87. The largest absolute Gasteiger partial charge is 0.496 e. The van der Waals surface area contributed by atoms with Gasteiger partial charge in [-0.1, -0.05) is 65.7 Å². The number of hydrogen-bond acceptors (Lipinski definition) is 5. The molecule has 1 heterocycles. The lowest BCUT2D eigenvalue weighted by atomic mass is 10.2. The van der Waals surface area contributed by atoms with Gasteiger partial charge in [0.05, 0.1) is 29.2 Å². The van der Waals surface area contributed by atoms with E-state index in [9.17, 15) is 14.7 Å². The highest BCUT2D eigenvalue weighted by Crippen LogP contribution is 2.39. The Morgan fingerprint density at radius 3 is 2.59 bits per heavy atom. The number of azo groups is 1. The first-order valence-corrected chi connectivity index (χ1v) is 11.9. The number of para-hydroxylation sites is 2. The molecule has 2 amide bonds. The third-order valence-corrected chi connectivity index (χ3v) is 6.21. The van der Waals surface area contributed by atoms with E-state index in [1.807, 2.05) is 24.3 Å². The zero-order chi connectivity index (χ0) is 26.4. The average molecular weight is 537 g/mol. The Labute approximate surface area is 222 Å². The van der Waals surface area contributed by atoms with E-state index in [2.05, 4.69) is 15.5 Å². The summed E-state index contributed by atoms with van der Waals surface area (Å²) in [5, 5.41) is 22.5. The number of amides is 2. The van der Waals surface area contributed by atoms with Gasteiger partial charge in [0.25, 0.3) is 5.91 Å². The molecule has 0 aliphatic heterocycles. The number of hydrogen-bond donors (Lipinski definition) is 2. The molecule has 0 saturated carbocycles. The zero-order valence-corrected chi connectivity index (χ0v) is 21.2. The SMILES string of the molecule is COc1ccccc1/C=C/C(=O)NCC(=O)N=Nc1c(O)n(Cc2ccc(Cl)c(Cl)c2)c2ccccc12. The molecule has 0 radical (unpaired) electrons. The van der Waals surface area contributed by atoms with Crippen LogP contribution in [0.3, 0.4) is 0 Å². The van der Waals surface area contributed by atoms with E-state index in [1.165, 1.54) is 6.08 Å². The Bertz CT molecular complexity index is 1530. The van der Waals surface area contributed by atoms with Crippen molar-refractivity contribution in [2.45, 2.75) is 6.54 Å². The fraction of sp³-hybridized carbons (Fsp3) is 0.111. The van der Waals surface area contributed by atoms with Gasteiger partial charge in [-0.3, -0.25) is 9.59 Å². The number of nitrogens with zero attached hydrogens (tertiary/aromatic N) is 3. The van der Waals surface area contributed by atoms with Crippen LogP contribution in [-0.4, -0.2) is 35.1 Å². The molecule has 0 unspecified atom stereocenters. The van der Waals surface area contributed by atoms with Crippen molar-refractivity contribution < 1.29 is 19.4 Å². The Hall–Kier alpha value is -4.14. The second-order valence-corrected chi connectivity index (χ2v) is 8.73. The van der Waals surface area contributed by atoms with E-state index in [-0.39, 0.29) is 18.1 Å². The lowest BCUT2D eigenvalue weighted by Crippen LogP contribution is -2.26. The van der Waals surface area contributed by atoms with E-state index < -0.39 is 11.8 Å². The molecule has 4 aromatic rings. The third kappa shape index (κ3) is 6.17. The van der Waals surface area contributed by atoms with Crippen LogP contribution in [0.15, 0.2) is 83.0 Å². The predicted octanol–water partition coefficient (Wildman–Crippen LogP) is 6.15. The van der Waals surface area contributed by atoms with E-state index in [4.69, 9.17) is 27.9 Å². The number of carbonyl (C=O) groups excluding carboxylic acids is 2. The maximum Gasteiger partial charge on any atom is 0.283 e. The van der Waals surface area contributed by atoms with Crippen LogP contribution in [0, 0.1) is 0 Å². The Morgan fingerprint density at radius 1 is 1.05 bits per heavy atom. The van der Waals surface area contributed by atoms with Crippen molar-refractivity contribution in [3.05, 3.63) is 94.0 Å². The Morgan fingerprint density at radius 2 is 1.81 bits per heavy atom. The molecule has 0 aliphatic carbocycles. The molecule has 188 valence electrons. The molecule has 0 spiro atoms. The Kier molecular flexibility index (Phi) is 8.22. The molecule has 0 fully saturated rings. The van der Waals surface area contributed by atoms with Gasteiger partial charge in [-0.25, -0.2) is 0 Å². The first kappa shape index (κ1) is 25.9. The molecule has 0 aliphatic rings. The quantitative estimate of drug-likeness (QED) is 0.208. The van der Waals surface area contributed by atoms with Crippen LogP contribution in [0.2, 0.25) is 10.0 Å². The van der Waals surface area contributed by atoms with Crippen molar-refractivity contribution >= 4 is 57.7 Å². The summed E-state index contributed by atoms with van der Waals surface area (Å²) >= 11 is 12.1. The minimum atomic E-state index is -0.681. The molecule has 1 aromatic heterocycles. The molecule has 37 heavy (non-hydrogen) atoms. The number of rotatable bonds is 8. The lowest BCUT2D eigenvalue weighted by Gasteiger charge is -2.08.